The van der Waals surface area contributed by atoms with Gasteiger partial charge >= 0.3 is 0 Å². The fraction of sp³-hybridized carbons (Fsp3) is 0.444. The first-order valence-electron chi connectivity index (χ1n) is 7.65. The summed E-state index contributed by atoms with van der Waals surface area (Å²) in [5.41, 5.74) is 2.62. The normalized spacial score (nSPS) is 12.6. The predicted octanol–water partition coefficient (Wildman–Crippen LogP) is 4.93. The lowest BCUT2D eigenvalue weighted by Crippen LogP contribution is -2.23. The van der Waals surface area contributed by atoms with Crippen molar-refractivity contribution in [2.45, 2.75) is 46.3 Å². The molecule has 114 valence electrons. The van der Waals surface area contributed by atoms with E-state index < -0.39 is 0 Å². The SMILES string of the molecule is CCCNC(c1cccc(OC(C)C)c1)c1sccc1C. The average molecular weight is 303 g/mol. The molecule has 0 fully saturated rings. The molecule has 1 atom stereocenters. The maximum atomic E-state index is 5.83. The van der Waals surface area contributed by atoms with E-state index in [1.54, 1.807) is 0 Å². The van der Waals surface area contributed by atoms with Crippen molar-refractivity contribution in [2.75, 3.05) is 6.54 Å². The molecular formula is C18H25NOS. The second-order valence-corrected chi connectivity index (χ2v) is 6.54. The lowest BCUT2D eigenvalue weighted by Gasteiger charge is -2.20. The second-order valence-electron chi connectivity index (χ2n) is 5.59. The number of thiophene rings is 1. The van der Waals surface area contributed by atoms with Crippen LogP contribution < -0.4 is 10.1 Å². The Morgan fingerprint density at radius 2 is 2.05 bits per heavy atom. The summed E-state index contributed by atoms with van der Waals surface area (Å²) in [6.45, 7) is 9.51. The number of hydrogen-bond donors (Lipinski definition) is 1. The molecule has 1 unspecified atom stereocenters. The number of ether oxygens (including phenoxy) is 1. The van der Waals surface area contributed by atoms with Gasteiger partial charge in [0.2, 0.25) is 0 Å². The minimum absolute atomic E-state index is 0.200. The van der Waals surface area contributed by atoms with Crippen molar-refractivity contribution in [1.82, 2.24) is 5.32 Å². The van der Waals surface area contributed by atoms with Gasteiger partial charge in [-0.05, 0) is 68.4 Å². The average Bonchev–Trinajstić information content (AvgIpc) is 2.85. The van der Waals surface area contributed by atoms with Gasteiger partial charge in [-0.25, -0.2) is 0 Å². The molecule has 0 aliphatic rings. The Labute approximate surface area is 132 Å². The highest BCUT2D eigenvalue weighted by atomic mass is 32.1. The zero-order valence-corrected chi connectivity index (χ0v) is 14.2. The Kier molecular flexibility index (Phi) is 5.83. The topological polar surface area (TPSA) is 21.3 Å². The zero-order chi connectivity index (χ0) is 15.2. The summed E-state index contributed by atoms with van der Waals surface area (Å²) in [7, 11) is 0. The first-order chi connectivity index (χ1) is 10.1. The molecule has 1 aromatic carbocycles. The number of hydrogen-bond acceptors (Lipinski definition) is 3. The van der Waals surface area contributed by atoms with Crippen molar-refractivity contribution in [3.63, 3.8) is 0 Å². The van der Waals surface area contributed by atoms with Crippen molar-refractivity contribution in [2.24, 2.45) is 0 Å². The van der Waals surface area contributed by atoms with Gasteiger partial charge in [0.1, 0.15) is 5.75 Å². The monoisotopic (exact) mass is 303 g/mol. The van der Waals surface area contributed by atoms with E-state index in [0.29, 0.717) is 0 Å². The smallest absolute Gasteiger partial charge is 0.120 e. The van der Waals surface area contributed by atoms with Crippen molar-refractivity contribution in [3.05, 3.63) is 51.7 Å². The first-order valence-corrected chi connectivity index (χ1v) is 8.53. The minimum atomic E-state index is 0.200. The largest absolute Gasteiger partial charge is 0.491 e. The molecule has 21 heavy (non-hydrogen) atoms. The van der Waals surface area contributed by atoms with Crippen LogP contribution in [0.25, 0.3) is 0 Å². The highest BCUT2D eigenvalue weighted by Crippen LogP contribution is 2.31. The Bertz CT molecular complexity index is 562. The van der Waals surface area contributed by atoms with Crippen LogP contribution in [0.2, 0.25) is 0 Å². The fourth-order valence-corrected chi connectivity index (χ4v) is 3.40. The van der Waals surface area contributed by atoms with Gasteiger partial charge in [-0.2, -0.15) is 0 Å². The zero-order valence-electron chi connectivity index (χ0n) is 13.3. The van der Waals surface area contributed by atoms with Crippen LogP contribution in [0.1, 0.15) is 49.2 Å². The van der Waals surface area contributed by atoms with Gasteiger partial charge in [0.25, 0.3) is 0 Å². The summed E-state index contributed by atoms with van der Waals surface area (Å²) in [4.78, 5) is 1.39. The van der Waals surface area contributed by atoms with Gasteiger partial charge in [-0.15, -0.1) is 11.3 Å². The summed E-state index contributed by atoms with van der Waals surface area (Å²) < 4.78 is 5.83. The van der Waals surface area contributed by atoms with Gasteiger partial charge < -0.3 is 10.1 Å². The fourth-order valence-electron chi connectivity index (χ4n) is 2.37. The molecule has 0 aliphatic heterocycles. The molecule has 2 aromatic rings. The van der Waals surface area contributed by atoms with Crippen LogP contribution in [-0.2, 0) is 0 Å². The summed E-state index contributed by atoms with van der Waals surface area (Å²) in [5, 5.41) is 5.83. The Hall–Kier alpha value is -1.32. The summed E-state index contributed by atoms with van der Waals surface area (Å²) in [6.07, 6.45) is 1.33. The quantitative estimate of drug-likeness (QED) is 0.783. The van der Waals surface area contributed by atoms with Crippen LogP contribution in [0, 0.1) is 6.92 Å². The number of benzene rings is 1. The third-order valence-electron chi connectivity index (χ3n) is 3.33. The maximum absolute atomic E-state index is 5.83. The molecule has 0 bridgehead atoms. The van der Waals surface area contributed by atoms with E-state index in [9.17, 15) is 0 Å². The molecule has 2 rings (SSSR count). The second kappa shape index (κ2) is 7.62. The van der Waals surface area contributed by atoms with E-state index in [1.807, 2.05) is 17.4 Å². The predicted molar refractivity (Wildman–Crippen MR) is 91.4 cm³/mol. The van der Waals surface area contributed by atoms with Crippen LogP contribution >= 0.6 is 11.3 Å². The van der Waals surface area contributed by atoms with E-state index in [4.69, 9.17) is 4.74 Å². The molecule has 0 radical (unpaired) electrons. The highest BCUT2D eigenvalue weighted by molar-refractivity contribution is 7.10. The van der Waals surface area contributed by atoms with Crippen molar-refractivity contribution < 1.29 is 4.74 Å². The molecule has 0 amide bonds. The van der Waals surface area contributed by atoms with E-state index in [-0.39, 0.29) is 12.1 Å². The minimum Gasteiger partial charge on any atom is -0.491 e. The van der Waals surface area contributed by atoms with E-state index in [2.05, 4.69) is 62.7 Å². The van der Waals surface area contributed by atoms with Crippen molar-refractivity contribution >= 4 is 11.3 Å². The van der Waals surface area contributed by atoms with Gasteiger partial charge in [-0.1, -0.05) is 19.1 Å². The number of nitrogens with one attached hydrogen (secondary N) is 1. The van der Waals surface area contributed by atoms with Crippen LogP contribution in [-0.4, -0.2) is 12.6 Å². The Morgan fingerprint density at radius 1 is 1.24 bits per heavy atom. The Balaban J connectivity index is 2.30. The van der Waals surface area contributed by atoms with Crippen molar-refractivity contribution in [1.29, 1.82) is 0 Å². The van der Waals surface area contributed by atoms with E-state index >= 15 is 0 Å². The summed E-state index contributed by atoms with van der Waals surface area (Å²) in [5.74, 6) is 0.944. The molecular weight excluding hydrogens is 278 g/mol. The molecule has 1 aromatic heterocycles. The van der Waals surface area contributed by atoms with Crippen molar-refractivity contribution in [3.8, 4) is 5.75 Å². The number of rotatable bonds is 7. The van der Waals surface area contributed by atoms with Crippen LogP contribution in [0.3, 0.4) is 0 Å². The highest BCUT2D eigenvalue weighted by Gasteiger charge is 2.17. The molecule has 0 saturated carbocycles. The van der Waals surface area contributed by atoms with Gasteiger partial charge in [0.05, 0.1) is 12.1 Å². The molecule has 1 N–H and O–H groups in total. The number of aryl methyl sites for hydroxylation is 1. The lowest BCUT2D eigenvalue weighted by atomic mass is 10.0. The third kappa shape index (κ3) is 4.32. The molecule has 0 saturated heterocycles. The third-order valence-corrected chi connectivity index (χ3v) is 4.41. The molecule has 1 heterocycles. The van der Waals surface area contributed by atoms with E-state index in [1.165, 1.54) is 16.0 Å². The summed E-state index contributed by atoms with van der Waals surface area (Å²) >= 11 is 1.82. The maximum Gasteiger partial charge on any atom is 0.120 e. The summed E-state index contributed by atoms with van der Waals surface area (Å²) in [6, 6.07) is 10.9. The Morgan fingerprint density at radius 3 is 2.67 bits per heavy atom. The first kappa shape index (κ1) is 16.1. The van der Waals surface area contributed by atoms with Crippen LogP contribution in [0.4, 0.5) is 0 Å². The van der Waals surface area contributed by atoms with Crippen LogP contribution in [0.5, 0.6) is 5.75 Å². The molecule has 0 aliphatic carbocycles. The van der Waals surface area contributed by atoms with Gasteiger partial charge in [0, 0.05) is 4.88 Å². The molecule has 3 heteroatoms. The lowest BCUT2D eigenvalue weighted by molar-refractivity contribution is 0.242. The van der Waals surface area contributed by atoms with Gasteiger partial charge in [-0.3, -0.25) is 0 Å². The standard InChI is InChI=1S/C18H25NOS/c1-5-10-19-17(18-14(4)9-11-21-18)15-7-6-8-16(12-15)20-13(2)3/h6-9,11-13,17,19H,5,10H2,1-4H3. The van der Waals surface area contributed by atoms with Crippen LogP contribution in [0.15, 0.2) is 35.7 Å². The molecule has 2 nitrogen and oxygen atoms in total. The van der Waals surface area contributed by atoms with Gasteiger partial charge in [0.15, 0.2) is 0 Å². The molecule has 0 spiro atoms. The van der Waals surface area contributed by atoms with E-state index in [0.717, 1.165) is 18.7 Å².